The van der Waals surface area contributed by atoms with Crippen molar-refractivity contribution < 1.29 is 18.0 Å². The van der Waals surface area contributed by atoms with Crippen LogP contribution < -0.4 is 5.73 Å². The van der Waals surface area contributed by atoms with Crippen LogP contribution >= 0.6 is 67.8 Å². The van der Waals surface area contributed by atoms with Crippen LogP contribution in [0.15, 0.2) is 11.6 Å². The first kappa shape index (κ1) is 14.2. The molecule has 0 aromatic carbocycles. The van der Waals surface area contributed by atoms with Gasteiger partial charge >= 0.3 is 6.18 Å². The normalized spacial score (nSPS) is 14.5. The fourth-order valence-corrected chi connectivity index (χ4v) is 1.85. The topological polar surface area (TPSA) is 43.1 Å². The van der Waals surface area contributed by atoms with Crippen LogP contribution in [0.2, 0.25) is 0 Å². The van der Waals surface area contributed by atoms with Gasteiger partial charge in [-0.3, -0.25) is 4.79 Å². The van der Waals surface area contributed by atoms with E-state index in [4.69, 9.17) is 0 Å². The smallest absolute Gasteiger partial charge is 0.366 e. The van der Waals surface area contributed by atoms with Gasteiger partial charge in [-0.15, -0.1) is 0 Å². The molecule has 0 spiro atoms. The number of nitrogens with two attached hydrogens (primary N) is 1. The third-order valence-electron chi connectivity index (χ3n) is 0.897. The van der Waals surface area contributed by atoms with Crippen LogP contribution in [0.4, 0.5) is 13.2 Å². The molecule has 0 saturated heterocycles. The highest BCUT2D eigenvalue weighted by Gasteiger charge is 2.44. The summed E-state index contributed by atoms with van der Waals surface area (Å²) >= 11 is 4.72. The molecule has 0 unspecified atom stereocenters. The molecular weight excluding hydrogens is 528 g/mol. The standard InChI is InChI=1S/C5H3F3I3NO/c6-4(7,8)2(1-3(12)13)5(9,10)11/h1H,(H2,12,13)/b2-1-. The lowest BCUT2D eigenvalue weighted by molar-refractivity contribution is -0.115. The molecule has 0 radical (unpaired) electrons. The predicted molar refractivity (Wildman–Crippen MR) is 68.1 cm³/mol. The number of rotatable bonds is 2. The van der Waals surface area contributed by atoms with Crippen molar-refractivity contribution in [1.82, 2.24) is 0 Å². The number of carbonyl (C=O) groups is 1. The summed E-state index contributed by atoms with van der Waals surface area (Å²) < 4.78 is 35.6. The molecule has 0 aliphatic heterocycles. The molecule has 0 fully saturated rings. The van der Waals surface area contributed by atoms with E-state index < -0.39 is 17.1 Å². The molecule has 0 rings (SSSR count). The van der Waals surface area contributed by atoms with Gasteiger partial charge in [0.2, 0.25) is 5.91 Å². The fourth-order valence-electron chi connectivity index (χ4n) is 0.467. The van der Waals surface area contributed by atoms with E-state index in [0.29, 0.717) is 6.08 Å². The average Bonchev–Trinajstić information content (AvgIpc) is 1.77. The summed E-state index contributed by atoms with van der Waals surface area (Å²) in [7, 11) is 0. The van der Waals surface area contributed by atoms with E-state index in [1.807, 2.05) is 0 Å². The zero-order valence-electron chi connectivity index (χ0n) is 5.83. The van der Waals surface area contributed by atoms with Crippen LogP contribution in [0.3, 0.4) is 0 Å². The number of alkyl halides is 6. The maximum Gasteiger partial charge on any atom is 0.415 e. The van der Waals surface area contributed by atoms with Crippen molar-refractivity contribution in [3.63, 3.8) is 0 Å². The molecule has 2 N–H and O–H groups in total. The summed E-state index contributed by atoms with van der Waals surface area (Å²) in [6.45, 7) is 0. The molecule has 0 aromatic heterocycles. The van der Waals surface area contributed by atoms with Crippen molar-refractivity contribution in [3.8, 4) is 0 Å². The number of hydrogen-bond donors (Lipinski definition) is 1. The lowest BCUT2D eigenvalue weighted by Gasteiger charge is -2.19. The van der Waals surface area contributed by atoms with Crippen molar-refractivity contribution in [2.45, 2.75) is 5.61 Å². The number of allylic oxidation sites excluding steroid dienone is 1. The highest BCUT2D eigenvalue weighted by atomic mass is 127. The van der Waals surface area contributed by atoms with Gasteiger partial charge < -0.3 is 5.73 Å². The van der Waals surface area contributed by atoms with Gasteiger partial charge in [0.05, 0.1) is 5.57 Å². The van der Waals surface area contributed by atoms with Crippen LogP contribution in [0, 0.1) is 0 Å². The molecule has 8 heteroatoms. The molecule has 0 aliphatic rings. The minimum Gasteiger partial charge on any atom is -0.366 e. The highest BCUT2D eigenvalue weighted by Crippen LogP contribution is 2.49. The second-order valence-electron chi connectivity index (χ2n) is 1.96. The van der Waals surface area contributed by atoms with Gasteiger partial charge in [-0.2, -0.15) is 13.2 Å². The number of hydrogen-bond acceptors (Lipinski definition) is 1. The SMILES string of the molecule is NC(=O)/C=C(/C(F)(F)F)C(I)(I)I. The predicted octanol–water partition coefficient (Wildman–Crippen LogP) is 2.92. The molecule has 2 nitrogen and oxygen atoms in total. The van der Waals surface area contributed by atoms with E-state index in [1.165, 1.54) is 0 Å². The average molecular weight is 531 g/mol. The Balaban J connectivity index is 5.13. The Bertz CT molecular complexity index is 226. The second kappa shape index (κ2) is 4.81. The number of amides is 1. The Labute approximate surface area is 113 Å². The first-order valence-corrected chi connectivity index (χ1v) is 5.94. The summed E-state index contributed by atoms with van der Waals surface area (Å²) in [6, 6.07) is 0. The van der Waals surface area contributed by atoms with Crippen LogP contribution in [0.5, 0.6) is 0 Å². The Morgan fingerprint density at radius 3 is 1.69 bits per heavy atom. The molecule has 0 saturated carbocycles. The van der Waals surface area contributed by atoms with Crippen molar-refractivity contribution in [1.29, 1.82) is 0 Å². The van der Waals surface area contributed by atoms with Gasteiger partial charge in [0.1, 0.15) is 0 Å². The summed E-state index contributed by atoms with van der Waals surface area (Å²) in [5, 5.41) is 0. The van der Waals surface area contributed by atoms with E-state index in [9.17, 15) is 18.0 Å². The third kappa shape index (κ3) is 5.59. The fraction of sp³-hybridized carbons (Fsp3) is 0.400. The zero-order valence-corrected chi connectivity index (χ0v) is 12.3. The van der Waals surface area contributed by atoms with E-state index >= 15 is 0 Å². The van der Waals surface area contributed by atoms with Crippen molar-refractivity contribution in [2.75, 3.05) is 0 Å². The van der Waals surface area contributed by atoms with Crippen LogP contribution in [0.25, 0.3) is 0 Å². The van der Waals surface area contributed by atoms with Gasteiger partial charge in [-0.1, -0.05) is 0 Å². The molecule has 13 heavy (non-hydrogen) atoms. The summed E-state index contributed by atoms with van der Waals surface area (Å²) in [5.74, 6) is -1.10. The molecule has 1 amide bonds. The van der Waals surface area contributed by atoms with Crippen molar-refractivity contribution in [2.24, 2.45) is 5.73 Å². The maximum absolute atomic E-state index is 12.3. The van der Waals surface area contributed by atoms with Crippen LogP contribution in [0.1, 0.15) is 0 Å². The molecule has 0 bridgehead atoms. The molecule has 0 aliphatic carbocycles. The Morgan fingerprint density at radius 2 is 1.62 bits per heavy atom. The summed E-state index contributed by atoms with van der Waals surface area (Å²) in [6.07, 6.45) is -4.12. The van der Waals surface area contributed by atoms with Gasteiger partial charge in [0, 0.05) is 6.08 Å². The van der Waals surface area contributed by atoms with Gasteiger partial charge in [0.25, 0.3) is 0 Å². The van der Waals surface area contributed by atoms with Gasteiger partial charge in [-0.05, 0) is 67.8 Å². The largest absolute Gasteiger partial charge is 0.415 e. The lowest BCUT2D eigenvalue weighted by Crippen LogP contribution is -2.24. The zero-order chi connectivity index (χ0) is 10.9. The minimum atomic E-state index is -4.53. The lowest BCUT2D eigenvalue weighted by atomic mass is 10.3. The van der Waals surface area contributed by atoms with E-state index in [-0.39, 0.29) is 0 Å². The number of primary amides is 1. The molecule has 0 aromatic rings. The summed E-state index contributed by atoms with van der Waals surface area (Å²) in [5.41, 5.74) is 3.71. The van der Waals surface area contributed by atoms with Crippen molar-refractivity contribution >= 4 is 73.7 Å². The Kier molecular flexibility index (Phi) is 5.25. The summed E-state index contributed by atoms with van der Waals surface area (Å²) in [4.78, 5) is 10.3. The van der Waals surface area contributed by atoms with Gasteiger partial charge in [-0.25, -0.2) is 0 Å². The van der Waals surface area contributed by atoms with Crippen LogP contribution in [-0.4, -0.2) is 11.5 Å². The monoisotopic (exact) mass is 531 g/mol. The number of carbonyl (C=O) groups excluding carboxylic acids is 1. The molecular formula is C5H3F3I3NO. The first-order chi connectivity index (χ1) is 5.55. The first-order valence-electron chi connectivity index (χ1n) is 2.70. The van der Waals surface area contributed by atoms with E-state index in [2.05, 4.69) is 5.73 Å². The minimum absolute atomic E-state index is 0.408. The highest BCUT2D eigenvalue weighted by molar-refractivity contribution is 14.3. The van der Waals surface area contributed by atoms with E-state index in [0.717, 1.165) is 0 Å². The van der Waals surface area contributed by atoms with Crippen molar-refractivity contribution in [3.05, 3.63) is 11.6 Å². The number of halogens is 6. The molecule has 76 valence electrons. The second-order valence-corrected chi connectivity index (χ2v) is 13.0. The van der Waals surface area contributed by atoms with Gasteiger partial charge in [0.15, 0.2) is -0.565 Å². The third-order valence-corrected chi connectivity index (χ3v) is 2.64. The Morgan fingerprint density at radius 1 is 1.23 bits per heavy atom. The maximum atomic E-state index is 12.3. The van der Waals surface area contributed by atoms with Crippen LogP contribution in [-0.2, 0) is 4.79 Å². The van der Waals surface area contributed by atoms with E-state index in [1.54, 1.807) is 67.8 Å². The Hall–Kier alpha value is 1.19. The molecule has 0 heterocycles. The molecule has 0 atom stereocenters. The quantitative estimate of drug-likeness (QED) is 0.333.